The summed E-state index contributed by atoms with van der Waals surface area (Å²) < 4.78 is 5.56. The lowest BCUT2D eigenvalue weighted by Crippen LogP contribution is -2.45. The van der Waals surface area contributed by atoms with Crippen LogP contribution in [0.1, 0.15) is 30.1 Å². The predicted molar refractivity (Wildman–Crippen MR) is 110 cm³/mol. The molecule has 0 saturated carbocycles. The van der Waals surface area contributed by atoms with Crippen LogP contribution in [-0.2, 0) is 11.3 Å². The zero-order valence-corrected chi connectivity index (χ0v) is 16.2. The number of rotatable bonds is 6. The van der Waals surface area contributed by atoms with E-state index in [0.717, 1.165) is 11.1 Å². The molecule has 1 unspecified atom stereocenters. The van der Waals surface area contributed by atoms with E-state index in [1.165, 1.54) is 0 Å². The number of nitrogens with one attached hydrogen (secondary N) is 1. The predicted octanol–water partition coefficient (Wildman–Crippen LogP) is 3.16. The van der Waals surface area contributed by atoms with Crippen molar-refractivity contribution >= 4 is 5.91 Å². The van der Waals surface area contributed by atoms with Crippen LogP contribution < -0.4 is 5.32 Å². The fourth-order valence-electron chi connectivity index (χ4n) is 3.68. The Kier molecular flexibility index (Phi) is 6.03. The smallest absolute Gasteiger partial charge is 0.242 e. The Hall–Kier alpha value is -2.96. The summed E-state index contributed by atoms with van der Waals surface area (Å²) in [7, 11) is 0. The van der Waals surface area contributed by atoms with Gasteiger partial charge in [0.2, 0.25) is 11.8 Å². The average Bonchev–Trinajstić information content (AvgIpc) is 3.24. The Balaban J connectivity index is 1.45. The van der Waals surface area contributed by atoms with E-state index in [1.54, 1.807) is 6.26 Å². The minimum absolute atomic E-state index is 0.0724. The number of piperidine rings is 1. The van der Waals surface area contributed by atoms with E-state index >= 15 is 0 Å². The van der Waals surface area contributed by atoms with Crippen molar-refractivity contribution in [2.45, 2.75) is 31.5 Å². The highest BCUT2D eigenvalue weighted by Crippen LogP contribution is 2.25. The third-order valence-electron chi connectivity index (χ3n) is 5.24. The van der Waals surface area contributed by atoms with Crippen LogP contribution in [0.4, 0.5) is 0 Å². The molecule has 2 N–H and O–H groups in total. The number of carbonyl (C=O) groups excluding carboxylic acids is 1. The van der Waals surface area contributed by atoms with Crippen LogP contribution in [0.2, 0.25) is 0 Å². The monoisotopic (exact) mass is 391 g/mol. The SMILES string of the molecule is O=C(NCc1coc(-c2ccccc2)n1)C(c1ccccc1)N1CCC(O)CC1. The van der Waals surface area contributed by atoms with Crippen LogP contribution in [-0.4, -0.2) is 40.1 Å². The normalized spacial score (nSPS) is 16.4. The van der Waals surface area contributed by atoms with Gasteiger partial charge in [0.1, 0.15) is 12.3 Å². The molecule has 3 aromatic rings. The van der Waals surface area contributed by atoms with Gasteiger partial charge in [-0.1, -0.05) is 48.5 Å². The molecule has 1 fully saturated rings. The van der Waals surface area contributed by atoms with Crippen LogP contribution >= 0.6 is 0 Å². The Morgan fingerprint density at radius 1 is 1.10 bits per heavy atom. The molecule has 1 amide bonds. The van der Waals surface area contributed by atoms with Crippen molar-refractivity contribution in [2.24, 2.45) is 0 Å². The third-order valence-corrected chi connectivity index (χ3v) is 5.24. The Labute approximate surface area is 170 Å². The first-order chi connectivity index (χ1) is 14.2. The minimum Gasteiger partial charge on any atom is -0.444 e. The van der Waals surface area contributed by atoms with E-state index in [4.69, 9.17) is 4.42 Å². The van der Waals surface area contributed by atoms with Crippen molar-refractivity contribution in [1.29, 1.82) is 0 Å². The van der Waals surface area contributed by atoms with E-state index < -0.39 is 0 Å². The summed E-state index contributed by atoms with van der Waals surface area (Å²) in [5, 5.41) is 12.8. The summed E-state index contributed by atoms with van der Waals surface area (Å²) in [4.78, 5) is 19.7. The second-order valence-corrected chi connectivity index (χ2v) is 7.31. The van der Waals surface area contributed by atoms with E-state index in [1.807, 2.05) is 60.7 Å². The molecule has 1 aromatic heterocycles. The number of hydrogen-bond acceptors (Lipinski definition) is 5. The fraction of sp³-hybridized carbons (Fsp3) is 0.304. The number of aliphatic hydroxyl groups excluding tert-OH is 1. The van der Waals surface area contributed by atoms with Crippen LogP contribution in [0.15, 0.2) is 71.3 Å². The van der Waals surface area contributed by atoms with Crippen LogP contribution in [0.3, 0.4) is 0 Å². The van der Waals surface area contributed by atoms with Gasteiger partial charge in [-0.05, 0) is 30.5 Å². The Morgan fingerprint density at radius 2 is 1.76 bits per heavy atom. The van der Waals surface area contributed by atoms with Gasteiger partial charge in [-0.3, -0.25) is 9.69 Å². The van der Waals surface area contributed by atoms with E-state index in [2.05, 4.69) is 15.2 Å². The lowest BCUT2D eigenvalue weighted by Gasteiger charge is -2.35. The highest BCUT2D eigenvalue weighted by molar-refractivity contribution is 5.83. The highest BCUT2D eigenvalue weighted by Gasteiger charge is 2.30. The van der Waals surface area contributed by atoms with E-state index in [0.29, 0.717) is 44.1 Å². The fourth-order valence-corrected chi connectivity index (χ4v) is 3.68. The van der Waals surface area contributed by atoms with Crippen molar-refractivity contribution in [2.75, 3.05) is 13.1 Å². The molecule has 1 aliphatic rings. The van der Waals surface area contributed by atoms with Gasteiger partial charge in [0.25, 0.3) is 0 Å². The number of aromatic nitrogens is 1. The summed E-state index contributed by atoms with van der Waals surface area (Å²) in [5.41, 5.74) is 2.53. The molecule has 0 spiro atoms. The molecule has 1 saturated heterocycles. The first-order valence-electron chi connectivity index (χ1n) is 9.95. The number of nitrogens with zero attached hydrogens (tertiary/aromatic N) is 2. The Bertz CT molecular complexity index is 919. The molecular weight excluding hydrogens is 366 g/mol. The molecule has 2 heterocycles. The van der Waals surface area contributed by atoms with Gasteiger partial charge in [-0.15, -0.1) is 0 Å². The van der Waals surface area contributed by atoms with Crippen LogP contribution in [0.5, 0.6) is 0 Å². The third kappa shape index (κ3) is 4.72. The number of aliphatic hydroxyl groups is 1. The van der Waals surface area contributed by atoms with Gasteiger partial charge in [0.15, 0.2) is 0 Å². The molecule has 1 atom stereocenters. The van der Waals surface area contributed by atoms with Gasteiger partial charge in [-0.2, -0.15) is 0 Å². The second-order valence-electron chi connectivity index (χ2n) is 7.31. The van der Waals surface area contributed by atoms with Crippen LogP contribution in [0, 0.1) is 0 Å². The van der Waals surface area contributed by atoms with Gasteiger partial charge < -0.3 is 14.8 Å². The summed E-state index contributed by atoms with van der Waals surface area (Å²) in [6.45, 7) is 1.68. The molecule has 6 heteroatoms. The standard InChI is InChI=1S/C23H25N3O3/c27-20-11-13-26(14-12-20)21(17-7-3-1-4-8-17)22(28)24-15-19-16-29-23(25-19)18-9-5-2-6-10-18/h1-10,16,20-21,27H,11-15H2,(H,24,28). The van der Waals surface area contributed by atoms with Crippen molar-refractivity contribution in [3.63, 3.8) is 0 Å². The first-order valence-corrected chi connectivity index (χ1v) is 9.95. The molecule has 0 radical (unpaired) electrons. The summed E-state index contributed by atoms with van der Waals surface area (Å²) in [6, 6.07) is 19.1. The Morgan fingerprint density at radius 3 is 2.45 bits per heavy atom. The molecule has 150 valence electrons. The van der Waals surface area contributed by atoms with Gasteiger partial charge in [0, 0.05) is 18.7 Å². The van der Waals surface area contributed by atoms with Crippen molar-refractivity contribution in [1.82, 2.24) is 15.2 Å². The molecular formula is C23H25N3O3. The lowest BCUT2D eigenvalue weighted by molar-refractivity contribution is -0.127. The number of oxazole rings is 1. The number of hydrogen-bond donors (Lipinski definition) is 2. The maximum atomic E-state index is 13.1. The maximum Gasteiger partial charge on any atom is 0.242 e. The molecule has 1 aliphatic heterocycles. The first kappa shape index (κ1) is 19.4. The largest absolute Gasteiger partial charge is 0.444 e. The van der Waals surface area contributed by atoms with Crippen molar-refractivity contribution < 1.29 is 14.3 Å². The summed E-state index contributed by atoms with van der Waals surface area (Å²) in [5.74, 6) is 0.469. The zero-order chi connectivity index (χ0) is 20.1. The number of benzene rings is 2. The zero-order valence-electron chi connectivity index (χ0n) is 16.2. The van der Waals surface area contributed by atoms with Gasteiger partial charge in [-0.25, -0.2) is 4.98 Å². The number of amides is 1. The highest BCUT2D eigenvalue weighted by atomic mass is 16.3. The minimum atomic E-state index is -0.385. The van der Waals surface area contributed by atoms with Gasteiger partial charge >= 0.3 is 0 Å². The molecule has 2 aromatic carbocycles. The second kappa shape index (κ2) is 9.03. The molecule has 6 nitrogen and oxygen atoms in total. The quantitative estimate of drug-likeness (QED) is 0.675. The van der Waals surface area contributed by atoms with Crippen molar-refractivity contribution in [3.8, 4) is 11.5 Å². The molecule has 0 bridgehead atoms. The maximum absolute atomic E-state index is 13.1. The average molecular weight is 391 g/mol. The van der Waals surface area contributed by atoms with E-state index in [9.17, 15) is 9.90 Å². The number of likely N-dealkylation sites (tertiary alicyclic amines) is 1. The summed E-state index contributed by atoms with van der Waals surface area (Å²) in [6.07, 6.45) is 2.66. The lowest BCUT2D eigenvalue weighted by atomic mass is 10.00. The summed E-state index contributed by atoms with van der Waals surface area (Å²) >= 11 is 0. The van der Waals surface area contributed by atoms with Crippen LogP contribution in [0.25, 0.3) is 11.5 Å². The van der Waals surface area contributed by atoms with E-state index in [-0.39, 0.29) is 18.1 Å². The van der Waals surface area contributed by atoms with Crippen molar-refractivity contribution in [3.05, 3.63) is 78.2 Å². The molecule has 29 heavy (non-hydrogen) atoms. The van der Waals surface area contributed by atoms with Gasteiger partial charge in [0.05, 0.1) is 18.3 Å². The molecule has 4 rings (SSSR count). The topological polar surface area (TPSA) is 78.6 Å². The molecule has 0 aliphatic carbocycles. The number of carbonyl (C=O) groups is 1.